The van der Waals surface area contributed by atoms with Gasteiger partial charge >= 0.3 is 0 Å². The Bertz CT molecular complexity index is 517. The number of hydrogen-bond acceptors (Lipinski definition) is 4. The maximum Gasteiger partial charge on any atom is 0.182 e. The van der Waals surface area contributed by atoms with Crippen molar-refractivity contribution in [1.82, 2.24) is 24.9 Å². The molecule has 2 heterocycles. The summed E-state index contributed by atoms with van der Waals surface area (Å²) in [4.78, 5) is 4.45. The van der Waals surface area contributed by atoms with Crippen molar-refractivity contribution in [3.05, 3.63) is 23.9 Å². The van der Waals surface area contributed by atoms with E-state index in [1.54, 1.807) is 0 Å². The SMILES string of the molecule is CNC(Cc1nccn2c(C)nnc12)CC(C)C. The second kappa shape index (κ2) is 5.44. The standard InChI is InChI=1S/C13H21N5/c1-9(2)7-11(14-4)8-12-13-17-16-10(3)18(13)6-5-15-12/h5-6,9,11,14H,7-8H2,1-4H3. The number of likely N-dealkylation sites (N-methyl/N-ethyl adjacent to an activating group) is 1. The zero-order valence-corrected chi connectivity index (χ0v) is 11.5. The van der Waals surface area contributed by atoms with Gasteiger partial charge in [-0.1, -0.05) is 13.8 Å². The van der Waals surface area contributed by atoms with E-state index in [1.165, 1.54) is 0 Å². The van der Waals surface area contributed by atoms with Crippen LogP contribution < -0.4 is 5.32 Å². The fourth-order valence-electron chi connectivity index (χ4n) is 2.24. The first-order valence-corrected chi connectivity index (χ1v) is 6.44. The molecule has 2 aromatic heterocycles. The Morgan fingerprint density at radius 2 is 2.11 bits per heavy atom. The highest BCUT2D eigenvalue weighted by Crippen LogP contribution is 2.13. The fraction of sp³-hybridized carbons (Fsp3) is 0.615. The molecule has 0 bridgehead atoms. The highest BCUT2D eigenvalue weighted by Gasteiger charge is 2.14. The molecule has 0 aromatic carbocycles. The number of fused-ring (bicyclic) bond motifs is 1. The van der Waals surface area contributed by atoms with E-state index >= 15 is 0 Å². The van der Waals surface area contributed by atoms with Crippen molar-refractivity contribution < 1.29 is 0 Å². The van der Waals surface area contributed by atoms with Crippen molar-refractivity contribution in [1.29, 1.82) is 0 Å². The molecule has 5 nitrogen and oxygen atoms in total. The Hall–Kier alpha value is -1.49. The van der Waals surface area contributed by atoms with Crippen LogP contribution in [0, 0.1) is 12.8 Å². The number of nitrogens with zero attached hydrogens (tertiary/aromatic N) is 4. The summed E-state index contributed by atoms with van der Waals surface area (Å²) in [6, 6.07) is 0.431. The second-order valence-electron chi connectivity index (χ2n) is 5.13. The fourth-order valence-corrected chi connectivity index (χ4v) is 2.24. The van der Waals surface area contributed by atoms with Crippen molar-refractivity contribution in [3.63, 3.8) is 0 Å². The Labute approximate surface area is 108 Å². The lowest BCUT2D eigenvalue weighted by atomic mass is 10.00. The van der Waals surface area contributed by atoms with Gasteiger partial charge in [0.05, 0.1) is 5.69 Å². The smallest absolute Gasteiger partial charge is 0.182 e. The van der Waals surface area contributed by atoms with Crippen LogP contribution in [0.2, 0.25) is 0 Å². The van der Waals surface area contributed by atoms with Gasteiger partial charge in [0.25, 0.3) is 0 Å². The molecule has 1 atom stereocenters. The van der Waals surface area contributed by atoms with E-state index in [9.17, 15) is 0 Å². The monoisotopic (exact) mass is 247 g/mol. The van der Waals surface area contributed by atoms with Crippen LogP contribution >= 0.6 is 0 Å². The summed E-state index contributed by atoms with van der Waals surface area (Å²) in [5.41, 5.74) is 1.89. The van der Waals surface area contributed by atoms with Crippen molar-refractivity contribution in [3.8, 4) is 0 Å². The average molecular weight is 247 g/mol. The number of hydrogen-bond donors (Lipinski definition) is 1. The van der Waals surface area contributed by atoms with Gasteiger partial charge in [0, 0.05) is 24.9 Å². The molecule has 0 spiro atoms. The van der Waals surface area contributed by atoms with Crippen LogP contribution in [0.25, 0.3) is 5.65 Å². The lowest BCUT2D eigenvalue weighted by molar-refractivity contribution is 0.438. The third-order valence-corrected chi connectivity index (χ3v) is 3.17. The van der Waals surface area contributed by atoms with E-state index in [4.69, 9.17) is 0 Å². The summed E-state index contributed by atoms with van der Waals surface area (Å²) in [5, 5.41) is 11.7. The maximum absolute atomic E-state index is 4.45. The predicted octanol–water partition coefficient (Wildman–Crippen LogP) is 1.61. The normalized spacial score (nSPS) is 13.4. The minimum Gasteiger partial charge on any atom is -0.317 e. The predicted molar refractivity (Wildman–Crippen MR) is 71.5 cm³/mol. The van der Waals surface area contributed by atoms with Crippen molar-refractivity contribution in [2.24, 2.45) is 5.92 Å². The maximum atomic E-state index is 4.45. The van der Waals surface area contributed by atoms with Gasteiger partial charge in [-0.05, 0) is 26.3 Å². The molecular formula is C13H21N5. The lowest BCUT2D eigenvalue weighted by Crippen LogP contribution is -2.29. The first-order valence-electron chi connectivity index (χ1n) is 6.44. The van der Waals surface area contributed by atoms with Gasteiger partial charge in [0.15, 0.2) is 5.65 Å². The van der Waals surface area contributed by atoms with Gasteiger partial charge in [0.2, 0.25) is 0 Å². The van der Waals surface area contributed by atoms with Crippen molar-refractivity contribution in [2.45, 2.75) is 39.7 Å². The molecule has 1 N–H and O–H groups in total. The Kier molecular flexibility index (Phi) is 3.91. The number of nitrogens with one attached hydrogen (secondary N) is 1. The van der Waals surface area contributed by atoms with Gasteiger partial charge < -0.3 is 5.32 Å². The summed E-state index contributed by atoms with van der Waals surface area (Å²) in [7, 11) is 2.00. The molecule has 0 saturated heterocycles. The zero-order chi connectivity index (χ0) is 13.1. The molecular weight excluding hydrogens is 226 g/mol. The van der Waals surface area contributed by atoms with E-state index in [1.807, 2.05) is 30.8 Å². The van der Waals surface area contributed by atoms with Crippen LogP contribution in [-0.2, 0) is 6.42 Å². The summed E-state index contributed by atoms with van der Waals surface area (Å²) in [5.74, 6) is 1.57. The third-order valence-electron chi connectivity index (χ3n) is 3.17. The average Bonchev–Trinajstić information content (AvgIpc) is 2.71. The minimum atomic E-state index is 0.431. The molecule has 2 aromatic rings. The summed E-state index contributed by atoms with van der Waals surface area (Å²) in [6.45, 7) is 6.42. The molecule has 0 amide bonds. The van der Waals surface area contributed by atoms with Crippen LogP contribution in [0.5, 0.6) is 0 Å². The van der Waals surface area contributed by atoms with Crippen LogP contribution in [-0.4, -0.2) is 32.7 Å². The van der Waals surface area contributed by atoms with Gasteiger partial charge in [-0.3, -0.25) is 9.38 Å². The molecule has 98 valence electrons. The van der Waals surface area contributed by atoms with Crippen molar-refractivity contribution in [2.75, 3.05) is 7.05 Å². The van der Waals surface area contributed by atoms with Crippen LogP contribution in [0.1, 0.15) is 31.8 Å². The minimum absolute atomic E-state index is 0.431. The number of aromatic nitrogens is 4. The molecule has 0 aliphatic rings. The molecule has 0 aliphatic heterocycles. The summed E-state index contributed by atoms with van der Waals surface area (Å²) >= 11 is 0. The summed E-state index contributed by atoms with van der Waals surface area (Å²) in [6.07, 6.45) is 5.75. The number of rotatable bonds is 5. The molecule has 1 unspecified atom stereocenters. The zero-order valence-electron chi connectivity index (χ0n) is 11.5. The first-order chi connectivity index (χ1) is 8.61. The second-order valence-corrected chi connectivity index (χ2v) is 5.13. The van der Waals surface area contributed by atoms with E-state index in [2.05, 4.69) is 34.3 Å². The topological polar surface area (TPSA) is 55.1 Å². The van der Waals surface area contributed by atoms with E-state index in [0.717, 1.165) is 30.0 Å². The van der Waals surface area contributed by atoms with Crippen LogP contribution in [0.3, 0.4) is 0 Å². The van der Waals surface area contributed by atoms with Gasteiger partial charge in [-0.2, -0.15) is 0 Å². The molecule has 0 radical (unpaired) electrons. The molecule has 0 saturated carbocycles. The van der Waals surface area contributed by atoms with E-state index in [0.29, 0.717) is 12.0 Å². The highest BCUT2D eigenvalue weighted by molar-refractivity contribution is 5.43. The highest BCUT2D eigenvalue weighted by atomic mass is 15.2. The largest absolute Gasteiger partial charge is 0.317 e. The van der Waals surface area contributed by atoms with Gasteiger partial charge in [-0.25, -0.2) is 0 Å². The van der Waals surface area contributed by atoms with Gasteiger partial charge in [-0.15, -0.1) is 10.2 Å². The molecule has 0 aliphatic carbocycles. The Morgan fingerprint density at radius 3 is 2.78 bits per heavy atom. The van der Waals surface area contributed by atoms with E-state index in [-0.39, 0.29) is 0 Å². The first kappa shape index (κ1) is 13.0. The summed E-state index contributed by atoms with van der Waals surface area (Å²) < 4.78 is 1.99. The third kappa shape index (κ3) is 2.67. The van der Waals surface area contributed by atoms with Crippen LogP contribution in [0.4, 0.5) is 0 Å². The lowest BCUT2D eigenvalue weighted by Gasteiger charge is -2.17. The Balaban J connectivity index is 2.25. The van der Waals surface area contributed by atoms with Gasteiger partial charge in [0.1, 0.15) is 5.82 Å². The van der Waals surface area contributed by atoms with Crippen LogP contribution in [0.15, 0.2) is 12.4 Å². The molecule has 2 rings (SSSR count). The Morgan fingerprint density at radius 1 is 1.33 bits per heavy atom. The van der Waals surface area contributed by atoms with Crippen molar-refractivity contribution >= 4 is 5.65 Å². The quantitative estimate of drug-likeness (QED) is 0.872. The molecule has 0 fully saturated rings. The molecule has 18 heavy (non-hydrogen) atoms. The number of aryl methyl sites for hydroxylation is 1. The molecule has 5 heteroatoms. The van der Waals surface area contributed by atoms with E-state index < -0.39 is 0 Å².